The zero-order chi connectivity index (χ0) is 15.3. The molecule has 1 heterocycles. The summed E-state index contributed by atoms with van der Waals surface area (Å²) in [5.74, 6) is -0.649. The first kappa shape index (κ1) is 14.7. The molecule has 3 rings (SSSR count). The van der Waals surface area contributed by atoms with Crippen LogP contribution in [-0.4, -0.2) is 29.9 Å². The van der Waals surface area contributed by atoms with Crippen LogP contribution in [0.5, 0.6) is 0 Å². The highest BCUT2D eigenvalue weighted by Crippen LogP contribution is 2.40. The maximum atomic E-state index is 12.1. The van der Waals surface area contributed by atoms with Gasteiger partial charge in [0.25, 0.3) is 0 Å². The maximum absolute atomic E-state index is 12.1. The van der Waals surface area contributed by atoms with Crippen LogP contribution in [0.15, 0.2) is 30.3 Å². The van der Waals surface area contributed by atoms with Crippen molar-refractivity contribution in [3.05, 3.63) is 35.9 Å². The number of hydrogen-bond donors (Lipinski definition) is 0. The Balaban J connectivity index is 1.78. The first-order valence-corrected chi connectivity index (χ1v) is 7.40. The molecule has 114 valence electrons. The molecule has 4 nitrogen and oxygen atoms in total. The molecule has 1 aliphatic carbocycles. The molecule has 0 amide bonds. The summed E-state index contributed by atoms with van der Waals surface area (Å²) in [5, 5.41) is 0. The zero-order valence-corrected chi connectivity index (χ0v) is 13.0. The van der Waals surface area contributed by atoms with Gasteiger partial charge in [0.2, 0.25) is 0 Å². The number of carbonyl (C=O) groups excluding carboxylic acids is 1. The van der Waals surface area contributed by atoms with Gasteiger partial charge in [0.05, 0.1) is 11.7 Å². The summed E-state index contributed by atoms with van der Waals surface area (Å²) < 4.78 is 17.8. The predicted molar refractivity (Wildman–Crippen MR) is 77.8 cm³/mol. The third-order valence-electron chi connectivity index (χ3n) is 4.13. The van der Waals surface area contributed by atoms with Gasteiger partial charge in [0.1, 0.15) is 12.2 Å². The molecule has 1 aromatic carbocycles. The topological polar surface area (TPSA) is 44.8 Å². The number of carbonyl (C=O) groups is 1. The largest absolute Gasteiger partial charge is 0.364 e. The van der Waals surface area contributed by atoms with E-state index in [2.05, 4.69) is 0 Å². The molecule has 0 aromatic heterocycles. The quantitative estimate of drug-likeness (QED) is 0.858. The Morgan fingerprint density at radius 3 is 2.52 bits per heavy atom. The van der Waals surface area contributed by atoms with Gasteiger partial charge in [-0.05, 0) is 33.3 Å². The highest BCUT2D eigenvalue weighted by Gasteiger charge is 2.55. The summed E-state index contributed by atoms with van der Waals surface area (Å²) in [6, 6.07) is 10.0. The number of benzene rings is 1. The predicted octanol–water partition coefficient (Wildman–Crippen LogP) is 2.80. The van der Waals surface area contributed by atoms with E-state index < -0.39 is 17.5 Å². The van der Waals surface area contributed by atoms with Crippen molar-refractivity contribution >= 4 is 5.78 Å². The van der Waals surface area contributed by atoms with E-state index in [-0.39, 0.29) is 18.0 Å². The summed E-state index contributed by atoms with van der Waals surface area (Å²) in [6.45, 7) is 7.69. The number of ether oxygens (including phenoxy) is 3. The molecule has 0 unspecified atom stereocenters. The van der Waals surface area contributed by atoms with Gasteiger partial charge < -0.3 is 14.2 Å². The van der Waals surface area contributed by atoms with E-state index in [1.165, 1.54) is 0 Å². The summed E-state index contributed by atoms with van der Waals surface area (Å²) in [7, 11) is 0. The fourth-order valence-corrected chi connectivity index (χ4v) is 3.14. The second-order valence-corrected chi connectivity index (χ2v) is 6.72. The Bertz CT molecular complexity index is 535. The molecule has 0 bridgehead atoms. The fourth-order valence-electron chi connectivity index (χ4n) is 3.14. The molecule has 1 saturated carbocycles. The third kappa shape index (κ3) is 2.76. The molecule has 2 fully saturated rings. The average molecular weight is 290 g/mol. The molecule has 0 N–H and O–H groups in total. The minimum Gasteiger partial charge on any atom is -0.364 e. The van der Waals surface area contributed by atoms with Crippen molar-refractivity contribution in [3.63, 3.8) is 0 Å². The van der Waals surface area contributed by atoms with E-state index in [1.807, 2.05) is 58.0 Å². The lowest BCUT2D eigenvalue weighted by atomic mass is 9.97. The van der Waals surface area contributed by atoms with Crippen LogP contribution >= 0.6 is 0 Å². The van der Waals surface area contributed by atoms with Crippen molar-refractivity contribution in [3.8, 4) is 0 Å². The minimum absolute atomic E-state index is 0.0689. The number of Topliss-reactive ketones (excluding diaryl/α,β-unsaturated/α-hetero) is 1. The number of fused-ring (bicyclic) bond motifs is 1. The molecule has 3 atom stereocenters. The Morgan fingerprint density at radius 1 is 1.19 bits per heavy atom. The van der Waals surface area contributed by atoms with Crippen LogP contribution in [0.3, 0.4) is 0 Å². The zero-order valence-electron chi connectivity index (χ0n) is 13.0. The Labute approximate surface area is 125 Å². The van der Waals surface area contributed by atoms with Gasteiger partial charge >= 0.3 is 0 Å². The molecule has 1 saturated heterocycles. The molecular formula is C17H22O4. The Kier molecular flexibility index (Phi) is 3.43. The summed E-state index contributed by atoms with van der Waals surface area (Å²) in [4.78, 5) is 12.1. The lowest BCUT2D eigenvalue weighted by Gasteiger charge is -2.32. The van der Waals surface area contributed by atoms with Crippen molar-refractivity contribution < 1.29 is 19.0 Å². The normalized spacial score (nSPS) is 31.4. The van der Waals surface area contributed by atoms with E-state index in [1.54, 1.807) is 0 Å². The summed E-state index contributed by atoms with van der Waals surface area (Å²) >= 11 is 0. The molecule has 4 heteroatoms. The molecule has 21 heavy (non-hydrogen) atoms. The standard InChI is InChI=1S/C17H22O4/c1-16(2,11-8-6-5-7-9-11)19-13-10-12(18)14-15(13)21-17(3,4)20-14/h5-9,13-15H,10H2,1-4H3/t13-,14-,15+/m1/s1. The summed E-state index contributed by atoms with van der Waals surface area (Å²) in [5.41, 5.74) is 0.607. The smallest absolute Gasteiger partial charge is 0.167 e. The molecule has 0 radical (unpaired) electrons. The van der Waals surface area contributed by atoms with E-state index in [9.17, 15) is 4.79 Å². The van der Waals surface area contributed by atoms with Crippen LogP contribution in [0, 0.1) is 0 Å². The summed E-state index contributed by atoms with van der Waals surface area (Å²) in [6.07, 6.45) is -0.715. The molecule has 2 aliphatic rings. The van der Waals surface area contributed by atoms with Crippen LogP contribution in [-0.2, 0) is 24.6 Å². The van der Waals surface area contributed by atoms with Crippen molar-refractivity contribution in [1.29, 1.82) is 0 Å². The van der Waals surface area contributed by atoms with Gasteiger partial charge in [-0.25, -0.2) is 0 Å². The van der Waals surface area contributed by atoms with Crippen molar-refractivity contribution in [2.45, 2.75) is 63.8 Å². The lowest BCUT2D eigenvalue weighted by Crippen LogP contribution is -2.36. The highest BCUT2D eigenvalue weighted by atomic mass is 16.8. The Morgan fingerprint density at radius 2 is 1.86 bits per heavy atom. The number of ketones is 1. The van der Waals surface area contributed by atoms with Crippen LogP contribution in [0.2, 0.25) is 0 Å². The SMILES string of the molecule is CC1(C)O[C@@H]2[C@H](O1)C(=O)C[C@H]2OC(C)(C)c1ccccc1. The number of rotatable bonds is 3. The van der Waals surface area contributed by atoms with Crippen LogP contribution in [0.4, 0.5) is 0 Å². The maximum Gasteiger partial charge on any atom is 0.167 e. The minimum atomic E-state index is -0.718. The number of hydrogen-bond acceptors (Lipinski definition) is 4. The van der Waals surface area contributed by atoms with Gasteiger partial charge in [-0.2, -0.15) is 0 Å². The van der Waals surface area contributed by atoms with Gasteiger partial charge in [-0.1, -0.05) is 30.3 Å². The molecule has 0 spiro atoms. The van der Waals surface area contributed by atoms with Crippen molar-refractivity contribution in [2.75, 3.05) is 0 Å². The molecule has 1 aliphatic heterocycles. The first-order valence-electron chi connectivity index (χ1n) is 7.40. The average Bonchev–Trinajstić information content (AvgIpc) is 2.86. The van der Waals surface area contributed by atoms with Crippen molar-refractivity contribution in [1.82, 2.24) is 0 Å². The van der Waals surface area contributed by atoms with E-state index >= 15 is 0 Å². The van der Waals surface area contributed by atoms with Crippen LogP contribution in [0.1, 0.15) is 39.7 Å². The van der Waals surface area contributed by atoms with E-state index in [0.717, 1.165) is 5.56 Å². The Hall–Kier alpha value is -1.23. The van der Waals surface area contributed by atoms with Gasteiger partial charge in [-0.3, -0.25) is 4.79 Å². The fraction of sp³-hybridized carbons (Fsp3) is 0.588. The van der Waals surface area contributed by atoms with Gasteiger partial charge in [-0.15, -0.1) is 0 Å². The lowest BCUT2D eigenvalue weighted by molar-refractivity contribution is -0.182. The van der Waals surface area contributed by atoms with E-state index in [4.69, 9.17) is 14.2 Å². The monoisotopic (exact) mass is 290 g/mol. The molecular weight excluding hydrogens is 268 g/mol. The van der Waals surface area contributed by atoms with E-state index in [0.29, 0.717) is 6.42 Å². The first-order chi connectivity index (χ1) is 9.78. The highest BCUT2D eigenvalue weighted by molar-refractivity contribution is 5.87. The van der Waals surface area contributed by atoms with Gasteiger partial charge in [0, 0.05) is 6.42 Å². The second-order valence-electron chi connectivity index (χ2n) is 6.72. The van der Waals surface area contributed by atoms with Gasteiger partial charge in [0.15, 0.2) is 11.6 Å². The van der Waals surface area contributed by atoms with Crippen LogP contribution in [0.25, 0.3) is 0 Å². The third-order valence-corrected chi connectivity index (χ3v) is 4.13. The second kappa shape index (κ2) is 4.90. The van der Waals surface area contributed by atoms with Crippen LogP contribution < -0.4 is 0 Å². The van der Waals surface area contributed by atoms with Crippen molar-refractivity contribution in [2.24, 2.45) is 0 Å². The molecule has 1 aromatic rings.